The number of rotatable bonds is 3. The van der Waals surface area contributed by atoms with Crippen molar-refractivity contribution in [1.82, 2.24) is 10.2 Å². The molecule has 0 saturated heterocycles. The van der Waals surface area contributed by atoms with Crippen LogP contribution in [0.5, 0.6) is 0 Å². The molecule has 0 fully saturated rings. The topological polar surface area (TPSA) is 63.1 Å². The van der Waals surface area contributed by atoms with Crippen LogP contribution in [0.25, 0.3) is 0 Å². The summed E-state index contributed by atoms with van der Waals surface area (Å²) < 4.78 is 0. The number of carboxylic acid groups (broad SMARTS) is 1. The predicted octanol–water partition coefficient (Wildman–Crippen LogP) is 1.31. The molecule has 0 unspecified atom stereocenters. The molecule has 0 aliphatic heterocycles. The van der Waals surface area contributed by atoms with Crippen molar-refractivity contribution in [3.05, 3.63) is 17.3 Å². The van der Waals surface area contributed by atoms with Crippen LogP contribution in [0.4, 0.5) is 0 Å². The zero-order valence-electron chi connectivity index (χ0n) is 5.90. The summed E-state index contributed by atoms with van der Waals surface area (Å²) in [4.78, 5) is 10.1. The number of carbonyl (C=O) groups is 1. The van der Waals surface area contributed by atoms with E-state index in [0.717, 1.165) is 11.8 Å². The molecule has 12 heavy (non-hydrogen) atoms. The summed E-state index contributed by atoms with van der Waals surface area (Å²) in [6.07, 6.45) is 0. The van der Waals surface area contributed by atoms with Crippen LogP contribution in [0.15, 0.2) is 17.2 Å². The number of nitrogens with zero attached hydrogens (tertiary/aromatic N) is 2. The number of hydrogen-bond donors (Lipinski definition) is 1. The minimum absolute atomic E-state index is 0.0175. The highest BCUT2D eigenvalue weighted by Crippen LogP contribution is 2.14. The van der Waals surface area contributed by atoms with Crippen molar-refractivity contribution in [2.45, 2.75) is 5.03 Å². The van der Waals surface area contributed by atoms with Gasteiger partial charge in [-0.05, 0) is 12.1 Å². The number of aliphatic carboxylic acids is 1. The van der Waals surface area contributed by atoms with Crippen LogP contribution in [-0.4, -0.2) is 27.0 Å². The van der Waals surface area contributed by atoms with E-state index >= 15 is 0 Å². The fourth-order valence-corrected chi connectivity index (χ4v) is 1.15. The molecule has 4 nitrogen and oxygen atoms in total. The van der Waals surface area contributed by atoms with Gasteiger partial charge in [0, 0.05) is 0 Å². The van der Waals surface area contributed by atoms with E-state index in [-0.39, 0.29) is 5.75 Å². The van der Waals surface area contributed by atoms with Gasteiger partial charge in [-0.1, -0.05) is 23.4 Å². The number of halogens is 1. The number of carboxylic acids is 1. The highest BCUT2D eigenvalue weighted by molar-refractivity contribution is 7.99. The van der Waals surface area contributed by atoms with Crippen molar-refractivity contribution in [3.63, 3.8) is 0 Å². The maximum atomic E-state index is 10.1. The van der Waals surface area contributed by atoms with E-state index in [4.69, 9.17) is 16.7 Å². The highest BCUT2D eigenvalue weighted by atomic mass is 35.5. The Morgan fingerprint density at radius 3 is 2.83 bits per heavy atom. The molecule has 1 rings (SSSR count). The van der Waals surface area contributed by atoms with Gasteiger partial charge < -0.3 is 5.11 Å². The van der Waals surface area contributed by atoms with Gasteiger partial charge in [-0.2, -0.15) is 0 Å². The van der Waals surface area contributed by atoms with Gasteiger partial charge in [-0.3, -0.25) is 4.79 Å². The molecule has 0 aromatic carbocycles. The van der Waals surface area contributed by atoms with Crippen molar-refractivity contribution in [2.75, 3.05) is 5.75 Å². The Hall–Kier alpha value is -0.810. The Kier molecular flexibility index (Phi) is 3.31. The van der Waals surface area contributed by atoms with Crippen LogP contribution in [0.2, 0.25) is 5.15 Å². The molecule has 0 aliphatic rings. The summed E-state index contributed by atoms with van der Waals surface area (Å²) in [5, 5.41) is 16.4. The summed E-state index contributed by atoms with van der Waals surface area (Å²) in [5.41, 5.74) is 0. The first-order valence-electron chi connectivity index (χ1n) is 3.02. The van der Waals surface area contributed by atoms with Crippen molar-refractivity contribution >= 4 is 29.3 Å². The first kappa shape index (κ1) is 9.28. The molecule has 0 aliphatic carbocycles. The standard InChI is InChI=1S/C6H5ClN2O2S/c7-4-1-2-5(9-8-4)12-3-6(10)11/h1-2H,3H2,(H,10,11). The molecule has 1 aromatic heterocycles. The van der Waals surface area contributed by atoms with E-state index in [2.05, 4.69) is 10.2 Å². The average Bonchev–Trinajstić information content (AvgIpc) is 2.03. The highest BCUT2D eigenvalue weighted by Gasteiger charge is 2.00. The third-order valence-electron chi connectivity index (χ3n) is 0.951. The van der Waals surface area contributed by atoms with Crippen LogP contribution < -0.4 is 0 Å². The van der Waals surface area contributed by atoms with Crippen LogP contribution in [0.3, 0.4) is 0 Å². The lowest BCUT2D eigenvalue weighted by Gasteiger charge is -1.94. The molecule has 0 bridgehead atoms. The number of aromatic nitrogens is 2. The second-order valence-corrected chi connectivity index (χ2v) is 3.26. The van der Waals surface area contributed by atoms with Crippen molar-refractivity contribution < 1.29 is 9.90 Å². The first-order valence-corrected chi connectivity index (χ1v) is 4.38. The quantitative estimate of drug-likeness (QED) is 0.753. The predicted molar refractivity (Wildman–Crippen MR) is 45.4 cm³/mol. The molecule has 1 heterocycles. The van der Waals surface area contributed by atoms with Crippen LogP contribution in [0, 0.1) is 0 Å². The Morgan fingerprint density at radius 2 is 2.33 bits per heavy atom. The lowest BCUT2D eigenvalue weighted by Crippen LogP contribution is -1.98. The van der Waals surface area contributed by atoms with E-state index in [1.54, 1.807) is 12.1 Å². The van der Waals surface area contributed by atoms with Gasteiger partial charge in [0.25, 0.3) is 0 Å². The van der Waals surface area contributed by atoms with E-state index in [0.29, 0.717) is 10.2 Å². The molecule has 0 radical (unpaired) electrons. The lowest BCUT2D eigenvalue weighted by molar-refractivity contribution is -0.133. The largest absolute Gasteiger partial charge is 0.481 e. The molecule has 6 heteroatoms. The molecule has 1 N–H and O–H groups in total. The Labute approximate surface area is 78.0 Å². The van der Waals surface area contributed by atoms with Crippen molar-refractivity contribution in [1.29, 1.82) is 0 Å². The zero-order chi connectivity index (χ0) is 8.97. The Bertz CT molecular complexity index is 277. The minimum atomic E-state index is -0.878. The second kappa shape index (κ2) is 4.27. The summed E-state index contributed by atoms with van der Waals surface area (Å²) >= 11 is 6.58. The smallest absolute Gasteiger partial charge is 0.313 e. The van der Waals surface area contributed by atoms with Gasteiger partial charge in [0.2, 0.25) is 0 Å². The first-order chi connectivity index (χ1) is 5.68. The fraction of sp³-hybridized carbons (Fsp3) is 0.167. The summed E-state index contributed by atoms with van der Waals surface area (Å²) in [6, 6.07) is 3.20. The maximum absolute atomic E-state index is 10.1. The Balaban J connectivity index is 2.53. The zero-order valence-corrected chi connectivity index (χ0v) is 7.47. The average molecular weight is 205 g/mol. The number of thioether (sulfide) groups is 1. The molecular weight excluding hydrogens is 200 g/mol. The third kappa shape index (κ3) is 3.06. The normalized spacial score (nSPS) is 9.75. The van der Waals surface area contributed by atoms with Crippen molar-refractivity contribution in [3.8, 4) is 0 Å². The van der Waals surface area contributed by atoms with Gasteiger partial charge in [-0.15, -0.1) is 10.2 Å². The summed E-state index contributed by atoms with van der Waals surface area (Å²) in [7, 11) is 0. The van der Waals surface area contributed by atoms with Crippen LogP contribution >= 0.6 is 23.4 Å². The molecule has 1 aromatic rings. The van der Waals surface area contributed by atoms with E-state index in [1.807, 2.05) is 0 Å². The number of hydrogen-bond acceptors (Lipinski definition) is 4. The molecular formula is C6H5ClN2O2S. The summed E-state index contributed by atoms with van der Waals surface area (Å²) in [6.45, 7) is 0. The molecule has 0 saturated carbocycles. The van der Waals surface area contributed by atoms with Crippen LogP contribution in [0.1, 0.15) is 0 Å². The molecule has 0 amide bonds. The van der Waals surface area contributed by atoms with E-state index in [1.165, 1.54) is 0 Å². The SMILES string of the molecule is O=C(O)CSc1ccc(Cl)nn1. The molecule has 64 valence electrons. The van der Waals surface area contributed by atoms with Gasteiger partial charge in [-0.25, -0.2) is 0 Å². The van der Waals surface area contributed by atoms with Crippen molar-refractivity contribution in [2.24, 2.45) is 0 Å². The second-order valence-electron chi connectivity index (χ2n) is 1.88. The maximum Gasteiger partial charge on any atom is 0.313 e. The minimum Gasteiger partial charge on any atom is -0.481 e. The van der Waals surface area contributed by atoms with E-state index < -0.39 is 5.97 Å². The van der Waals surface area contributed by atoms with Gasteiger partial charge in [0.15, 0.2) is 5.15 Å². The lowest BCUT2D eigenvalue weighted by atomic mass is 10.6. The van der Waals surface area contributed by atoms with Gasteiger partial charge in [0.1, 0.15) is 5.03 Å². The van der Waals surface area contributed by atoms with Gasteiger partial charge >= 0.3 is 5.97 Å². The van der Waals surface area contributed by atoms with Crippen LogP contribution in [-0.2, 0) is 4.79 Å². The Morgan fingerprint density at radius 1 is 1.58 bits per heavy atom. The molecule has 0 atom stereocenters. The third-order valence-corrected chi connectivity index (χ3v) is 2.06. The molecule has 0 spiro atoms. The van der Waals surface area contributed by atoms with E-state index in [9.17, 15) is 4.79 Å². The summed E-state index contributed by atoms with van der Waals surface area (Å²) in [5.74, 6) is -0.896. The fourth-order valence-electron chi connectivity index (χ4n) is 0.516. The van der Waals surface area contributed by atoms with Gasteiger partial charge in [0.05, 0.1) is 5.75 Å². The monoisotopic (exact) mass is 204 g/mol.